The summed E-state index contributed by atoms with van der Waals surface area (Å²) in [5.41, 5.74) is 3.03. The number of carbonyl (C=O) groups excluding carboxylic acids is 1. The fourth-order valence-corrected chi connectivity index (χ4v) is 4.00. The van der Waals surface area contributed by atoms with Gasteiger partial charge in [-0.25, -0.2) is 19.9 Å². The van der Waals surface area contributed by atoms with Gasteiger partial charge in [-0.3, -0.25) is 4.79 Å². The molecule has 0 bridgehead atoms. The highest BCUT2D eigenvalue weighted by Crippen LogP contribution is 2.23. The molecule has 1 amide bonds. The van der Waals surface area contributed by atoms with Gasteiger partial charge in [0.05, 0.1) is 11.2 Å². The average Bonchev–Trinajstić information content (AvgIpc) is 2.89. The molecular weight excluding hydrogens is 440 g/mol. The number of amides is 1. The molecule has 1 saturated heterocycles. The Morgan fingerprint density at radius 1 is 0.943 bits per heavy atom. The van der Waals surface area contributed by atoms with Crippen LogP contribution in [-0.2, 0) is 0 Å². The third-order valence-electron chi connectivity index (χ3n) is 6.15. The largest absolute Gasteiger partial charge is 0.363 e. The minimum absolute atomic E-state index is 0.228. The molecule has 0 saturated carbocycles. The molecule has 0 spiro atoms. The summed E-state index contributed by atoms with van der Waals surface area (Å²) >= 11 is 0. The van der Waals surface area contributed by atoms with Gasteiger partial charge < -0.3 is 20.0 Å². The predicted molar refractivity (Wildman–Crippen MR) is 139 cm³/mol. The van der Waals surface area contributed by atoms with Crippen molar-refractivity contribution in [1.29, 1.82) is 0 Å². The van der Waals surface area contributed by atoms with E-state index in [4.69, 9.17) is 4.98 Å². The van der Waals surface area contributed by atoms with Crippen LogP contribution >= 0.6 is 0 Å². The summed E-state index contributed by atoms with van der Waals surface area (Å²) < 4.78 is 0. The molecule has 1 aliphatic heterocycles. The molecule has 35 heavy (non-hydrogen) atoms. The maximum absolute atomic E-state index is 13.0. The van der Waals surface area contributed by atoms with E-state index in [0.717, 1.165) is 60.0 Å². The van der Waals surface area contributed by atoms with Crippen molar-refractivity contribution in [2.45, 2.75) is 0 Å². The Kier molecular flexibility index (Phi) is 6.24. The van der Waals surface area contributed by atoms with Crippen molar-refractivity contribution >= 4 is 34.3 Å². The number of pyridine rings is 4. The maximum Gasteiger partial charge on any atom is 0.257 e. The number of anilines is 3. The number of hydrogen-bond acceptors (Lipinski definition) is 8. The molecule has 9 nitrogen and oxygen atoms in total. The fourth-order valence-electron chi connectivity index (χ4n) is 4.00. The van der Waals surface area contributed by atoms with Crippen LogP contribution in [0.15, 0.2) is 61.1 Å². The van der Waals surface area contributed by atoms with Gasteiger partial charge in [0.1, 0.15) is 17.5 Å². The quantitative estimate of drug-likeness (QED) is 0.478. The molecule has 1 aliphatic rings. The molecule has 5 rings (SSSR count). The first-order valence-electron chi connectivity index (χ1n) is 11.6. The molecule has 0 aliphatic carbocycles. The maximum atomic E-state index is 13.0. The molecule has 0 radical (unpaired) electrons. The summed E-state index contributed by atoms with van der Waals surface area (Å²) in [6.45, 7) is 3.73. The van der Waals surface area contributed by atoms with E-state index in [1.807, 2.05) is 55.5 Å². The van der Waals surface area contributed by atoms with Crippen molar-refractivity contribution in [3.05, 3.63) is 66.6 Å². The van der Waals surface area contributed by atoms with Crippen LogP contribution in [0.2, 0.25) is 0 Å². The first-order valence-corrected chi connectivity index (χ1v) is 11.6. The molecule has 1 N–H and O–H groups in total. The molecule has 178 valence electrons. The Balaban J connectivity index is 1.34. The standard InChI is InChI=1S/C26H28N8O/c1-32(2)24-7-5-19(17-29-24)21-6-4-20-16-28-23(15-22(20)30-21)31-26(35)18-8-9-27-25(14-18)34-12-10-33(3)11-13-34/h4-9,14-17H,10-13H2,1-3H3,(H,28,31,35). The van der Waals surface area contributed by atoms with Crippen LogP contribution in [0.5, 0.6) is 0 Å². The third kappa shape index (κ3) is 5.04. The van der Waals surface area contributed by atoms with Crippen molar-refractivity contribution in [2.24, 2.45) is 0 Å². The van der Waals surface area contributed by atoms with Gasteiger partial charge in [-0.05, 0) is 43.4 Å². The van der Waals surface area contributed by atoms with E-state index < -0.39 is 0 Å². The Morgan fingerprint density at radius 3 is 2.51 bits per heavy atom. The fraction of sp³-hybridized carbons (Fsp3) is 0.269. The monoisotopic (exact) mass is 468 g/mol. The summed E-state index contributed by atoms with van der Waals surface area (Å²) in [5.74, 6) is 1.92. The van der Waals surface area contributed by atoms with Crippen molar-refractivity contribution in [3.8, 4) is 11.3 Å². The molecule has 5 heterocycles. The molecular formula is C26H28N8O. The molecule has 0 atom stereocenters. The van der Waals surface area contributed by atoms with E-state index in [0.29, 0.717) is 11.4 Å². The van der Waals surface area contributed by atoms with Gasteiger partial charge in [-0.15, -0.1) is 0 Å². The second-order valence-corrected chi connectivity index (χ2v) is 8.91. The van der Waals surface area contributed by atoms with Gasteiger partial charge in [-0.2, -0.15) is 0 Å². The zero-order valence-electron chi connectivity index (χ0n) is 20.1. The van der Waals surface area contributed by atoms with Gasteiger partial charge in [0.25, 0.3) is 5.91 Å². The van der Waals surface area contributed by atoms with Crippen molar-refractivity contribution < 1.29 is 4.79 Å². The number of rotatable bonds is 5. The number of fused-ring (bicyclic) bond motifs is 1. The predicted octanol–water partition coefficient (Wildman–Crippen LogP) is 3.16. The van der Waals surface area contributed by atoms with E-state index >= 15 is 0 Å². The minimum Gasteiger partial charge on any atom is -0.363 e. The number of likely N-dealkylation sites (N-methyl/N-ethyl adjacent to an activating group) is 1. The van der Waals surface area contributed by atoms with Crippen LogP contribution in [0.4, 0.5) is 17.5 Å². The zero-order valence-corrected chi connectivity index (χ0v) is 20.1. The van der Waals surface area contributed by atoms with Crippen LogP contribution in [0.25, 0.3) is 22.2 Å². The Hall–Kier alpha value is -4.11. The number of nitrogens with one attached hydrogen (secondary N) is 1. The highest BCUT2D eigenvalue weighted by molar-refractivity contribution is 6.04. The van der Waals surface area contributed by atoms with Crippen LogP contribution in [-0.4, -0.2) is 78.1 Å². The van der Waals surface area contributed by atoms with Crippen LogP contribution < -0.4 is 15.1 Å². The topological polar surface area (TPSA) is 90.4 Å². The second-order valence-electron chi connectivity index (χ2n) is 8.91. The lowest BCUT2D eigenvalue weighted by Gasteiger charge is -2.33. The highest BCUT2D eigenvalue weighted by atomic mass is 16.1. The molecule has 4 aromatic rings. The summed E-state index contributed by atoms with van der Waals surface area (Å²) in [4.78, 5) is 37.5. The van der Waals surface area contributed by atoms with Gasteiger partial charge in [0, 0.05) is 81.4 Å². The second kappa shape index (κ2) is 9.63. The van der Waals surface area contributed by atoms with Crippen LogP contribution in [0, 0.1) is 0 Å². The Labute approximate surface area is 204 Å². The molecule has 1 fully saturated rings. The van der Waals surface area contributed by atoms with E-state index in [1.165, 1.54) is 0 Å². The van der Waals surface area contributed by atoms with Crippen molar-refractivity contribution in [1.82, 2.24) is 24.8 Å². The lowest BCUT2D eigenvalue weighted by Crippen LogP contribution is -2.44. The molecule has 0 aromatic carbocycles. The first-order chi connectivity index (χ1) is 17.0. The van der Waals surface area contributed by atoms with Gasteiger partial charge in [-0.1, -0.05) is 0 Å². The highest BCUT2D eigenvalue weighted by Gasteiger charge is 2.17. The average molecular weight is 469 g/mol. The van der Waals surface area contributed by atoms with Crippen molar-refractivity contribution in [2.75, 3.05) is 62.4 Å². The zero-order chi connectivity index (χ0) is 24.4. The van der Waals surface area contributed by atoms with Gasteiger partial charge in [0.15, 0.2) is 0 Å². The number of nitrogens with zero attached hydrogens (tertiary/aromatic N) is 7. The summed E-state index contributed by atoms with van der Waals surface area (Å²) in [6, 6.07) is 13.2. The van der Waals surface area contributed by atoms with Gasteiger partial charge >= 0.3 is 0 Å². The lowest BCUT2D eigenvalue weighted by molar-refractivity contribution is 0.102. The number of hydrogen-bond donors (Lipinski definition) is 1. The first kappa shape index (κ1) is 22.7. The van der Waals surface area contributed by atoms with E-state index in [9.17, 15) is 4.79 Å². The number of carbonyl (C=O) groups is 1. The smallest absolute Gasteiger partial charge is 0.257 e. The lowest BCUT2D eigenvalue weighted by atomic mass is 10.1. The summed E-state index contributed by atoms with van der Waals surface area (Å²) in [5, 5.41) is 3.80. The third-order valence-corrected chi connectivity index (χ3v) is 6.15. The molecule has 0 unspecified atom stereocenters. The van der Waals surface area contributed by atoms with Gasteiger partial charge in [0.2, 0.25) is 0 Å². The number of piperazine rings is 1. The number of aromatic nitrogens is 4. The normalized spacial score (nSPS) is 14.2. The molecule has 9 heteroatoms. The van der Waals surface area contributed by atoms with E-state index in [2.05, 4.69) is 37.1 Å². The molecule has 4 aromatic heterocycles. The van der Waals surface area contributed by atoms with Crippen LogP contribution in [0.1, 0.15) is 10.4 Å². The van der Waals surface area contributed by atoms with Crippen LogP contribution in [0.3, 0.4) is 0 Å². The van der Waals surface area contributed by atoms with E-state index in [-0.39, 0.29) is 5.91 Å². The Morgan fingerprint density at radius 2 is 1.77 bits per heavy atom. The summed E-state index contributed by atoms with van der Waals surface area (Å²) in [6.07, 6.45) is 5.21. The Bertz CT molecular complexity index is 1350. The van der Waals surface area contributed by atoms with Crippen molar-refractivity contribution in [3.63, 3.8) is 0 Å². The SMILES string of the molecule is CN1CCN(c2cc(C(=O)Nc3cc4nc(-c5ccc(N(C)C)nc5)ccc4cn3)ccn2)CC1. The van der Waals surface area contributed by atoms with E-state index in [1.54, 1.807) is 24.5 Å². The summed E-state index contributed by atoms with van der Waals surface area (Å²) in [7, 11) is 6.03. The minimum atomic E-state index is -0.228.